The molecule has 0 radical (unpaired) electrons. The van der Waals surface area contributed by atoms with Crippen molar-refractivity contribution in [1.29, 1.82) is 0 Å². The second kappa shape index (κ2) is 6.34. The molecule has 0 unspecified atom stereocenters. The largest absolute Gasteiger partial charge is 0.433 e. The van der Waals surface area contributed by atoms with E-state index in [0.29, 0.717) is 17.3 Å². The number of carbonyl (C=O) groups is 1. The Morgan fingerprint density at radius 1 is 1.12 bits per heavy atom. The summed E-state index contributed by atoms with van der Waals surface area (Å²) in [7, 11) is 0. The van der Waals surface area contributed by atoms with Gasteiger partial charge in [-0.2, -0.15) is 18.3 Å². The Hall–Kier alpha value is -3.23. The first-order chi connectivity index (χ1) is 11.8. The molecule has 0 saturated carbocycles. The van der Waals surface area contributed by atoms with E-state index in [2.05, 4.69) is 25.5 Å². The molecule has 3 rings (SSSR count). The first-order valence-electron chi connectivity index (χ1n) is 7.17. The molecule has 25 heavy (non-hydrogen) atoms. The molecule has 0 saturated heterocycles. The third kappa shape index (κ3) is 3.82. The number of pyridine rings is 1. The monoisotopic (exact) mass is 347 g/mol. The van der Waals surface area contributed by atoms with Gasteiger partial charge in [-0.1, -0.05) is 0 Å². The van der Waals surface area contributed by atoms with E-state index in [1.54, 1.807) is 31.2 Å². The van der Waals surface area contributed by atoms with Crippen LogP contribution in [0.15, 0.2) is 42.6 Å². The molecule has 0 spiro atoms. The average molecular weight is 347 g/mol. The SMILES string of the molecule is Cc1nc(-c2ccc(NC(=O)c3ccc(C(F)(F)F)nc3)cc2)n[nH]1. The van der Waals surface area contributed by atoms with E-state index in [1.165, 1.54) is 0 Å². The molecule has 1 amide bonds. The number of hydrogen-bond donors (Lipinski definition) is 2. The summed E-state index contributed by atoms with van der Waals surface area (Å²) in [6.45, 7) is 1.78. The zero-order valence-electron chi connectivity index (χ0n) is 12.9. The van der Waals surface area contributed by atoms with Crippen LogP contribution in [-0.4, -0.2) is 26.1 Å². The number of nitrogens with zero attached hydrogens (tertiary/aromatic N) is 3. The van der Waals surface area contributed by atoms with Crippen molar-refractivity contribution in [3.63, 3.8) is 0 Å². The van der Waals surface area contributed by atoms with Crippen LogP contribution in [0.3, 0.4) is 0 Å². The minimum Gasteiger partial charge on any atom is -0.322 e. The zero-order valence-corrected chi connectivity index (χ0v) is 12.9. The van der Waals surface area contributed by atoms with Gasteiger partial charge in [-0.25, -0.2) is 4.98 Å². The van der Waals surface area contributed by atoms with E-state index in [9.17, 15) is 18.0 Å². The normalized spacial score (nSPS) is 11.4. The van der Waals surface area contributed by atoms with Gasteiger partial charge in [-0.15, -0.1) is 0 Å². The molecule has 0 bridgehead atoms. The van der Waals surface area contributed by atoms with Crippen molar-refractivity contribution in [2.75, 3.05) is 5.32 Å². The van der Waals surface area contributed by atoms with E-state index in [-0.39, 0.29) is 5.56 Å². The minimum atomic E-state index is -4.54. The highest BCUT2D eigenvalue weighted by molar-refractivity contribution is 6.04. The molecular formula is C16H12F3N5O. The lowest BCUT2D eigenvalue weighted by atomic mass is 10.2. The molecule has 0 aliphatic rings. The Bertz CT molecular complexity index is 885. The number of aromatic nitrogens is 4. The first kappa shape index (κ1) is 16.6. The van der Waals surface area contributed by atoms with E-state index in [0.717, 1.165) is 23.9 Å². The molecule has 128 valence electrons. The van der Waals surface area contributed by atoms with Crippen LogP contribution in [0, 0.1) is 6.92 Å². The summed E-state index contributed by atoms with van der Waals surface area (Å²) in [6, 6.07) is 8.60. The lowest BCUT2D eigenvalue weighted by Crippen LogP contribution is -2.14. The van der Waals surface area contributed by atoms with Gasteiger partial charge >= 0.3 is 6.18 Å². The van der Waals surface area contributed by atoms with Crippen LogP contribution in [-0.2, 0) is 6.18 Å². The fourth-order valence-corrected chi connectivity index (χ4v) is 2.07. The van der Waals surface area contributed by atoms with Crippen molar-refractivity contribution >= 4 is 11.6 Å². The predicted octanol–water partition coefficient (Wildman–Crippen LogP) is 3.45. The molecule has 6 nitrogen and oxygen atoms in total. The average Bonchev–Trinajstić information content (AvgIpc) is 3.01. The van der Waals surface area contributed by atoms with Crippen molar-refractivity contribution in [2.45, 2.75) is 13.1 Å². The Balaban J connectivity index is 1.70. The number of anilines is 1. The Morgan fingerprint density at radius 2 is 1.84 bits per heavy atom. The van der Waals surface area contributed by atoms with Crippen LogP contribution in [0.25, 0.3) is 11.4 Å². The molecule has 3 aromatic rings. The number of nitrogens with one attached hydrogen (secondary N) is 2. The van der Waals surface area contributed by atoms with Crippen molar-refractivity contribution in [2.24, 2.45) is 0 Å². The highest BCUT2D eigenvalue weighted by Gasteiger charge is 2.32. The molecular weight excluding hydrogens is 335 g/mol. The second-order valence-corrected chi connectivity index (χ2v) is 5.21. The molecule has 0 atom stereocenters. The van der Waals surface area contributed by atoms with Gasteiger partial charge in [0.25, 0.3) is 5.91 Å². The first-order valence-corrected chi connectivity index (χ1v) is 7.17. The summed E-state index contributed by atoms with van der Waals surface area (Å²) < 4.78 is 37.4. The maximum Gasteiger partial charge on any atom is 0.433 e. The van der Waals surface area contributed by atoms with Crippen molar-refractivity contribution in [3.05, 3.63) is 59.7 Å². The Labute approximate surface area is 140 Å². The van der Waals surface area contributed by atoms with Crippen LogP contribution in [0.4, 0.5) is 18.9 Å². The van der Waals surface area contributed by atoms with Gasteiger partial charge in [-0.3, -0.25) is 14.9 Å². The van der Waals surface area contributed by atoms with E-state index < -0.39 is 17.8 Å². The third-order valence-electron chi connectivity index (χ3n) is 3.31. The molecule has 0 aliphatic heterocycles. The highest BCUT2D eigenvalue weighted by atomic mass is 19.4. The fourth-order valence-electron chi connectivity index (χ4n) is 2.07. The van der Waals surface area contributed by atoms with Gasteiger partial charge in [0, 0.05) is 17.4 Å². The quantitative estimate of drug-likeness (QED) is 0.760. The molecule has 1 aromatic carbocycles. The van der Waals surface area contributed by atoms with Gasteiger partial charge in [0.1, 0.15) is 11.5 Å². The molecule has 0 aliphatic carbocycles. The van der Waals surface area contributed by atoms with Gasteiger partial charge in [0.15, 0.2) is 5.82 Å². The summed E-state index contributed by atoms with van der Waals surface area (Å²) >= 11 is 0. The van der Waals surface area contributed by atoms with Crippen molar-refractivity contribution < 1.29 is 18.0 Å². The Morgan fingerprint density at radius 3 is 2.36 bits per heavy atom. The number of amides is 1. The second-order valence-electron chi connectivity index (χ2n) is 5.21. The number of hydrogen-bond acceptors (Lipinski definition) is 4. The summed E-state index contributed by atoms with van der Waals surface area (Å²) in [4.78, 5) is 19.5. The van der Waals surface area contributed by atoms with E-state index in [4.69, 9.17) is 0 Å². The van der Waals surface area contributed by atoms with Crippen LogP contribution in [0.5, 0.6) is 0 Å². The van der Waals surface area contributed by atoms with Gasteiger partial charge in [-0.05, 0) is 43.3 Å². The molecule has 2 aromatic heterocycles. The van der Waals surface area contributed by atoms with Gasteiger partial charge in [0.2, 0.25) is 0 Å². The lowest BCUT2D eigenvalue weighted by molar-refractivity contribution is -0.141. The van der Waals surface area contributed by atoms with E-state index >= 15 is 0 Å². The number of benzene rings is 1. The van der Waals surface area contributed by atoms with Crippen LogP contribution in [0.2, 0.25) is 0 Å². The minimum absolute atomic E-state index is 0.0293. The number of aromatic amines is 1. The third-order valence-corrected chi connectivity index (χ3v) is 3.31. The van der Waals surface area contributed by atoms with Gasteiger partial charge in [0.05, 0.1) is 5.56 Å². The van der Waals surface area contributed by atoms with Crippen LogP contribution in [0.1, 0.15) is 21.9 Å². The topological polar surface area (TPSA) is 83.6 Å². The maximum atomic E-state index is 12.5. The number of rotatable bonds is 3. The van der Waals surface area contributed by atoms with Crippen molar-refractivity contribution in [3.8, 4) is 11.4 Å². The molecule has 9 heteroatoms. The highest BCUT2D eigenvalue weighted by Crippen LogP contribution is 2.27. The number of aryl methyl sites for hydroxylation is 1. The fraction of sp³-hybridized carbons (Fsp3) is 0.125. The number of carbonyl (C=O) groups excluding carboxylic acids is 1. The maximum absolute atomic E-state index is 12.5. The lowest BCUT2D eigenvalue weighted by Gasteiger charge is -2.08. The standard InChI is InChI=1S/C16H12F3N5O/c1-9-21-14(24-23-9)10-2-5-12(6-3-10)22-15(25)11-4-7-13(20-8-11)16(17,18)19/h2-8H,1H3,(H,22,25)(H,21,23,24). The summed E-state index contributed by atoms with van der Waals surface area (Å²) in [5.74, 6) is 0.659. The zero-order chi connectivity index (χ0) is 18.0. The summed E-state index contributed by atoms with van der Waals surface area (Å²) in [5.41, 5.74) is 0.233. The molecule has 2 heterocycles. The smallest absolute Gasteiger partial charge is 0.322 e. The van der Waals surface area contributed by atoms with Gasteiger partial charge < -0.3 is 5.32 Å². The molecule has 2 N–H and O–H groups in total. The Kier molecular flexibility index (Phi) is 4.22. The predicted molar refractivity (Wildman–Crippen MR) is 83.7 cm³/mol. The van der Waals surface area contributed by atoms with Crippen LogP contribution < -0.4 is 5.32 Å². The number of H-pyrrole nitrogens is 1. The summed E-state index contributed by atoms with van der Waals surface area (Å²) in [6.07, 6.45) is -3.65. The van der Waals surface area contributed by atoms with E-state index in [1.807, 2.05) is 0 Å². The van der Waals surface area contributed by atoms with Crippen molar-refractivity contribution in [1.82, 2.24) is 20.2 Å². The number of halogens is 3. The molecule has 0 fully saturated rings. The summed E-state index contributed by atoms with van der Waals surface area (Å²) in [5, 5.41) is 9.35. The van der Waals surface area contributed by atoms with Crippen LogP contribution >= 0.6 is 0 Å². The number of alkyl halides is 3.